The number of ether oxygens (including phenoxy) is 1. The van der Waals surface area contributed by atoms with Crippen LogP contribution in [0.2, 0.25) is 0 Å². The first kappa shape index (κ1) is 55.3. The van der Waals surface area contributed by atoms with Gasteiger partial charge in [-0.15, -0.1) is 0 Å². The summed E-state index contributed by atoms with van der Waals surface area (Å²) >= 11 is 0. The molecule has 1 amide bonds. The van der Waals surface area contributed by atoms with Crippen LogP contribution in [0.5, 0.6) is 0 Å². The fraction of sp³-hybridized carbons (Fsp3) is 0.882. The molecule has 0 bridgehead atoms. The average Bonchev–Trinajstić information content (AvgIpc) is 3.21. The predicted octanol–water partition coefficient (Wildman–Crippen LogP) is 14.7. The second kappa shape index (κ2) is 47.0. The number of hydrogen-bond acceptors (Lipinski definition) is 5. The second-order valence-electron chi connectivity index (χ2n) is 17.1. The number of rotatable bonds is 46. The third-order valence-electron chi connectivity index (χ3n) is 11.5. The molecular weight excluding hydrogens is 707 g/mol. The van der Waals surface area contributed by atoms with Crippen molar-refractivity contribution in [2.24, 2.45) is 0 Å². The number of esters is 1. The van der Waals surface area contributed by atoms with Gasteiger partial charge in [-0.1, -0.05) is 224 Å². The molecule has 6 nitrogen and oxygen atoms in total. The van der Waals surface area contributed by atoms with Crippen LogP contribution in [0.3, 0.4) is 0 Å². The summed E-state index contributed by atoms with van der Waals surface area (Å²) in [5.74, 6) is -0.0754. The largest absolute Gasteiger partial charge is 0.466 e. The van der Waals surface area contributed by atoms with E-state index in [9.17, 15) is 19.8 Å². The Labute approximate surface area is 354 Å². The second-order valence-corrected chi connectivity index (χ2v) is 17.1. The molecule has 0 heterocycles. The van der Waals surface area contributed by atoms with Crippen LogP contribution in [-0.2, 0) is 14.3 Å². The number of aliphatic hydroxyl groups excluding tert-OH is 2. The topological polar surface area (TPSA) is 95.9 Å². The molecule has 0 aromatic heterocycles. The minimum absolute atomic E-state index is 0.0240. The summed E-state index contributed by atoms with van der Waals surface area (Å²) < 4.78 is 5.45. The molecule has 2 atom stereocenters. The highest BCUT2D eigenvalue weighted by Gasteiger charge is 2.20. The van der Waals surface area contributed by atoms with Gasteiger partial charge >= 0.3 is 5.97 Å². The summed E-state index contributed by atoms with van der Waals surface area (Å²) in [7, 11) is 0. The van der Waals surface area contributed by atoms with Crippen molar-refractivity contribution in [1.29, 1.82) is 0 Å². The van der Waals surface area contributed by atoms with E-state index in [0.29, 0.717) is 25.9 Å². The van der Waals surface area contributed by atoms with Gasteiger partial charge in [-0.25, -0.2) is 0 Å². The van der Waals surface area contributed by atoms with Gasteiger partial charge in [-0.3, -0.25) is 9.59 Å². The molecule has 0 saturated carbocycles. The fourth-order valence-corrected chi connectivity index (χ4v) is 7.60. The summed E-state index contributed by atoms with van der Waals surface area (Å²) in [4.78, 5) is 24.4. The SMILES string of the molecule is CCCC/C=C\C/C=C\CCCCCCCC(=O)OCCCCCCCCCCCCCCC(=O)NC(CO)C(O)CCCCCCCCCCCCCCCC. The van der Waals surface area contributed by atoms with Gasteiger partial charge in [-0.2, -0.15) is 0 Å². The standard InChI is InChI=1S/C51H97NO5/c1-3-5-7-9-11-13-15-17-19-23-27-31-35-39-43-49(54)48(47-53)52-50(55)44-40-36-32-28-24-21-22-26-30-34-38-42-46-57-51(56)45-41-37-33-29-25-20-18-16-14-12-10-8-6-4-2/h10,12,16,18,48-49,53-54H,3-9,11,13-15,17,19-47H2,1-2H3,(H,52,55)/b12-10-,18-16-. The number of allylic oxidation sites excluding steroid dienone is 4. The maximum Gasteiger partial charge on any atom is 0.305 e. The van der Waals surface area contributed by atoms with Crippen LogP contribution in [0.1, 0.15) is 264 Å². The Balaban J connectivity index is 3.47. The zero-order valence-electron chi connectivity index (χ0n) is 38.1. The molecule has 0 aliphatic carbocycles. The smallest absolute Gasteiger partial charge is 0.305 e. The van der Waals surface area contributed by atoms with Crippen LogP contribution in [0.4, 0.5) is 0 Å². The van der Waals surface area contributed by atoms with Crippen molar-refractivity contribution in [2.75, 3.05) is 13.2 Å². The molecule has 0 rings (SSSR count). The van der Waals surface area contributed by atoms with Crippen molar-refractivity contribution < 1.29 is 24.5 Å². The van der Waals surface area contributed by atoms with E-state index in [1.165, 1.54) is 161 Å². The summed E-state index contributed by atoms with van der Waals surface area (Å²) in [6.45, 7) is 4.87. The van der Waals surface area contributed by atoms with Gasteiger partial charge < -0.3 is 20.3 Å². The highest BCUT2D eigenvalue weighted by molar-refractivity contribution is 5.76. The Kier molecular flexibility index (Phi) is 45.7. The minimum Gasteiger partial charge on any atom is -0.466 e. The maximum atomic E-state index is 12.4. The molecule has 0 fully saturated rings. The van der Waals surface area contributed by atoms with Gasteiger partial charge in [-0.05, 0) is 51.4 Å². The zero-order valence-corrected chi connectivity index (χ0v) is 38.1. The highest BCUT2D eigenvalue weighted by atomic mass is 16.5. The lowest BCUT2D eigenvalue weighted by Gasteiger charge is -2.22. The zero-order chi connectivity index (χ0) is 41.5. The number of hydrogen-bond donors (Lipinski definition) is 3. The quantitative estimate of drug-likeness (QED) is 0.0324. The molecule has 0 aromatic rings. The van der Waals surface area contributed by atoms with E-state index >= 15 is 0 Å². The van der Waals surface area contributed by atoms with Crippen LogP contribution in [-0.4, -0.2) is 47.4 Å². The normalized spacial score (nSPS) is 12.8. The fourth-order valence-electron chi connectivity index (χ4n) is 7.60. The van der Waals surface area contributed by atoms with E-state index < -0.39 is 12.1 Å². The van der Waals surface area contributed by atoms with Crippen LogP contribution in [0, 0.1) is 0 Å². The maximum absolute atomic E-state index is 12.4. The molecule has 0 aliphatic heterocycles. The van der Waals surface area contributed by atoms with Gasteiger partial charge in [0, 0.05) is 12.8 Å². The molecule has 0 aromatic carbocycles. The van der Waals surface area contributed by atoms with Crippen molar-refractivity contribution in [3.05, 3.63) is 24.3 Å². The molecule has 2 unspecified atom stereocenters. The van der Waals surface area contributed by atoms with E-state index in [4.69, 9.17) is 4.74 Å². The van der Waals surface area contributed by atoms with Crippen molar-refractivity contribution in [1.82, 2.24) is 5.32 Å². The number of carbonyl (C=O) groups is 2. The number of unbranched alkanes of at least 4 members (excludes halogenated alkanes) is 31. The molecule has 3 N–H and O–H groups in total. The van der Waals surface area contributed by atoms with Gasteiger partial charge in [0.1, 0.15) is 0 Å². The first-order valence-corrected chi connectivity index (χ1v) is 25.1. The van der Waals surface area contributed by atoms with E-state index in [2.05, 4.69) is 43.5 Å². The van der Waals surface area contributed by atoms with Crippen molar-refractivity contribution in [2.45, 2.75) is 276 Å². The molecule has 0 radical (unpaired) electrons. The Bertz CT molecular complexity index is 889. The predicted molar refractivity (Wildman–Crippen MR) is 246 cm³/mol. The number of aliphatic hydroxyl groups is 2. The average molecular weight is 804 g/mol. The molecule has 0 aliphatic rings. The van der Waals surface area contributed by atoms with E-state index in [1.807, 2.05) is 0 Å². The van der Waals surface area contributed by atoms with Crippen LogP contribution >= 0.6 is 0 Å². The van der Waals surface area contributed by atoms with Crippen molar-refractivity contribution in [3.8, 4) is 0 Å². The summed E-state index contributed by atoms with van der Waals surface area (Å²) in [5, 5.41) is 23.2. The van der Waals surface area contributed by atoms with Gasteiger partial charge in [0.2, 0.25) is 5.91 Å². The molecule has 0 saturated heterocycles. The van der Waals surface area contributed by atoms with Crippen LogP contribution in [0.25, 0.3) is 0 Å². The third kappa shape index (κ3) is 43.7. The first-order valence-electron chi connectivity index (χ1n) is 25.1. The molecule has 336 valence electrons. The Morgan fingerprint density at radius 2 is 0.895 bits per heavy atom. The van der Waals surface area contributed by atoms with Gasteiger partial charge in [0.25, 0.3) is 0 Å². The van der Waals surface area contributed by atoms with E-state index in [1.54, 1.807) is 0 Å². The third-order valence-corrected chi connectivity index (χ3v) is 11.5. The van der Waals surface area contributed by atoms with Crippen LogP contribution < -0.4 is 5.32 Å². The number of amides is 1. The summed E-state index contributed by atoms with van der Waals surface area (Å²) in [6, 6.07) is -0.553. The van der Waals surface area contributed by atoms with E-state index in [-0.39, 0.29) is 18.5 Å². The van der Waals surface area contributed by atoms with Gasteiger partial charge in [0.05, 0.1) is 25.4 Å². The van der Waals surface area contributed by atoms with E-state index in [0.717, 1.165) is 70.6 Å². The summed E-state index contributed by atoms with van der Waals surface area (Å²) in [6.07, 6.45) is 54.2. The van der Waals surface area contributed by atoms with Crippen molar-refractivity contribution >= 4 is 11.9 Å². The minimum atomic E-state index is -0.674. The number of carbonyl (C=O) groups excluding carboxylic acids is 2. The lowest BCUT2D eigenvalue weighted by molar-refractivity contribution is -0.143. The Morgan fingerprint density at radius 3 is 1.39 bits per heavy atom. The lowest BCUT2D eigenvalue weighted by atomic mass is 10.0. The molecular formula is C51H97NO5. The molecule has 57 heavy (non-hydrogen) atoms. The number of nitrogens with one attached hydrogen (secondary N) is 1. The summed E-state index contributed by atoms with van der Waals surface area (Å²) in [5.41, 5.74) is 0. The Hall–Kier alpha value is -1.66. The first-order chi connectivity index (χ1) is 28.0. The monoisotopic (exact) mass is 804 g/mol. The molecule has 6 heteroatoms. The van der Waals surface area contributed by atoms with Crippen LogP contribution in [0.15, 0.2) is 24.3 Å². The molecule has 0 spiro atoms. The lowest BCUT2D eigenvalue weighted by Crippen LogP contribution is -2.45. The van der Waals surface area contributed by atoms with Crippen molar-refractivity contribution in [3.63, 3.8) is 0 Å². The highest BCUT2D eigenvalue weighted by Crippen LogP contribution is 2.16. The Morgan fingerprint density at radius 1 is 0.491 bits per heavy atom. The van der Waals surface area contributed by atoms with Gasteiger partial charge in [0.15, 0.2) is 0 Å².